The van der Waals surface area contributed by atoms with Gasteiger partial charge in [0.15, 0.2) is 11.5 Å². The maximum atomic E-state index is 13.2. The van der Waals surface area contributed by atoms with Crippen molar-refractivity contribution in [2.45, 2.75) is 103 Å². The fraction of sp³-hybridized carbons (Fsp3) is 0.324. The average Bonchev–Trinajstić information content (AvgIpc) is 4.35. The van der Waals surface area contributed by atoms with E-state index in [4.69, 9.17) is 19.4 Å². The predicted octanol–water partition coefficient (Wildman–Crippen LogP) is 16.4. The van der Waals surface area contributed by atoms with Crippen molar-refractivity contribution >= 4 is 57.9 Å². The molecule has 8 bridgehead atoms. The van der Waals surface area contributed by atoms with Crippen LogP contribution in [0.2, 0.25) is 0 Å². The molecular formula is C68H62N4O4. The first-order valence-electron chi connectivity index (χ1n) is 28.1. The average molecular weight is 999 g/mol. The highest BCUT2D eigenvalue weighted by molar-refractivity contribution is 5.96. The molecule has 2 aliphatic heterocycles. The van der Waals surface area contributed by atoms with Crippen molar-refractivity contribution < 1.29 is 19.1 Å². The molecule has 5 heterocycles. The predicted molar refractivity (Wildman–Crippen MR) is 302 cm³/mol. The molecule has 4 saturated carbocycles. The lowest BCUT2D eigenvalue weighted by atomic mass is 9.55. The third-order valence-electron chi connectivity index (χ3n) is 20.1. The van der Waals surface area contributed by atoms with E-state index in [0.717, 1.165) is 144 Å². The van der Waals surface area contributed by atoms with Crippen molar-refractivity contribution in [1.29, 1.82) is 0 Å². The lowest BCUT2D eigenvalue weighted by Crippen LogP contribution is -2.42. The summed E-state index contributed by atoms with van der Waals surface area (Å²) in [7, 11) is 0. The van der Waals surface area contributed by atoms with Crippen LogP contribution in [-0.2, 0) is 22.4 Å². The molecule has 378 valence electrons. The number of aryl methyl sites for hydroxylation is 1. The van der Waals surface area contributed by atoms with Crippen molar-refractivity contribution in [2.75, 3.05) is 0 Å². The van der Waals surface area contributed by atoms with E-state index < -0.39 is 0 Å². The van der Waals surface area contributed by atoms with Crippen LogP contribution < -0.4 is 9.47 Å². The van der Waals surface area contributed by atoms with E-state index in [1.807, 2.05) is 12.1 Å². The van der Waals surface area contributed by atoms with Crippen LogP contribution in [0.15, 0.2) is 121 Å². The first-order valence-corrected chi connectivity index (χ1v) is 28.1. The molecular weight excluding hydrogens is 937 g/mol. The van der Waals surface area contributed by atoms with Crippen LogP contribution in [0.25, 0.3) is 68.6 Å². The van der Waals surface area contributed by atoms with E-state index in [1.54, 1.807) is 0 Å². The smallest absolute Gasteiger partial charge is 0.178 e. The summed E-state index contributed by atoms with van der Waals surface area (Å²) in [5.41, 5.74) is 15.6. The second kappa shape index (κ2) is 17.5. The van der Waals surface area contributed by atoms with Gasteiger partial charge in [0.25, 0.3) is 0 Å². The monoisotopic (exact) mass is 998 g/mol. The Morgan fingerprint density at radius 1 is 0.487 bits per heavy atom. The third-order valence-corrected chi connectivity index (χ3v) is 20.1. The number of Topliss-reactive ketones (excluding diaryl/α,β-unsaturated/α-hetero) is 2. The number of ether oxygens (including phenoxy) is 2. The highest BCUT2D eigenvalue weighted by Crippen LogP contribution is 2.62. The SMILES string of the molecule is C[C@]12CC[C@@H]3c4ccc(Oc5c6nc(c(-c7ccccc7)c7ccc([nH]7)c(Oc7cccc8c7CC[C@@H]7[C@@H]8CC[C@]8(C)C(=O)CC[C@@H]78)c7ccc([nH]7)c(-c7ccccc7)c7nc5C=C7)C=C6)cc4CC[C@H]3[C@@H]1CCC2=O. The van der Waals surface area contributed by atoms with Crippen LogP contribution in [0.5, 0.6) is 23.0 Å². The summed E-state index contributed by atoms with van der Waals surface area (Å²) in [6.45, 7) is 4.50. The quantitative estimate of drug-likeness (QED) is 0.172. The summed E-state index contributed by atoms with van der Waals surface area (Å²) in [6.07, 6.45) is 20.0. The minimum Gasteiger partial charge on any atom is -0.453 e. The van der Waals surface area contributed by atoms with Gasteiger partial charge in [-0.05, 0) is 200 Å². The molecule has 0 amide bonds. The van der Waals surface area contributed by atoms with E-state index in [-0.39, 0.29) is 10.8 Å². The Kier molecular flexibility index (Phi) is 10.5. The number of H-pyrrole nitrogens is 2. The zero-order chi connectivity index (χ0) is 50.9. The van der Waals surface area contributed by atoms with Gasteiger partial charge in [0.1, 0.15) is 34.5 Å². The maximum absolute atomic E-state index is 13.2. The number of hydrogen-bond acceptors (Lipinski definition) is 6. The van der Waals surface area contributed by atoms with Gasteiger partial charge in [0.2, 0.25) is 0 Å². The van der Waals surface area contributed by atoms with Gasteiger partial charge in [0, 0.05) is 45.8 Å². The standard InChI is InChI=1S/C68H62N4O4/c1-67-36-34-45-43-19-17-42(38-41(43)16-18-47(45)50(67)22-32-61(67)73)75-65-56-28-24-52(69-56)63(39-10-5-3-6-11-39)54-26-30-58(71-54)66(59-31-27-55(72-59)64(40-12-7-4-8-13-40)53-25-29-57(65)70-53)76-60-15-9-14-44-46-35-37-68(2)51(23-33-62(68)74)48(46)20-21-49(44)60/h3-15,17,19,24-31,38,45-48,50-51,71-72H,16,18,20-23,32-37H2,1-2H3/t45-,46-,47-,48-,50+,51+,67+,68+/m1/s1. The fourth-order valence-electron chi connectivity index (χ4n) is 16.3. The molecule has 4 aromatic carbocycles. The Balaban J connectivity index is 0.893. The van der Waals surface area contributed by atoms with Crippen molar-refractivity contribution in [1.82, 2.24) is 19.9 Å². The summed E-state index contributed by atoms with van der Waals surface area (Å²) >= 11 is 0. The van der Waals surface area contributed by atoms with Gasteiger partial charge in [-0.25, -0.2) is 9.97 Å². The molecule has 0 spiro atoms. The van der Waals surface area contributed by atoms with Gasteiger partial charge in [-0.2, -0.15) is 0 Å². The Bertz CT molecular complexity index is 3670. The molecule has 4 fully saturated rings. The highest BCUT2D eigenvalue weighted by Gasteiger charge is 2.56. The molecule has 8 heteroatoms. The van der Waals surface area contributed by atoms with Crippen LogP contribution >= 0.6 is 0 Å². The topological polar surface area (TPSA) is 110 Å². The summed E-state index contributed by atoms with van der Waals surface area (Å²) in [5.74, 6) is 6.80. The highest BCUT2D eigenvalue weighted by atomic mass is 16.5. The van der Waals surface area contributed by atoms with Gasteiger partial charge >= 0.3 is 0 Å². The van der Waals surface area contributed by atoms with Gasteiger partial charge in [-0.3, -0.25) is 9.59 Å². The van der Waals surface area contributed by atoms with E-state index in [1.165, 1.54) is 22.3 Å². The number of carbonyl (C=O) groups is 2. The normalized spacial score (nSPS) is 26.8. The van der Waals surface area contributed by atoms with Gasteiger partial charge < -0.3 is 19.4 Å². The lowest BCUT2D eigenvalue weighted by molar-refractivity contribution is -0.130. The van der Waals surface area contributed by atoms with Crippen molar-refractivity contribution in [3.05, 3.63) is 166 Å². The van der Waals surface area contributed by atoms with Crippen LogP contribution in [0.4, 0.5) is 0 Å². The Labute approximate surface area is 443 Å². The van der Waals surface area contributed by atoms with Gasteiger partial charge in [0.05, 0.1) is 22.4 Å². The molecule has 0 unspecified atom stereocenters. The second-order valence-corrected chi connectivity index (χ2v) is 23.7. The van der Waals surface area contributed by atoms with Crippen molar-refractivity contribution in [3.8, 4) is 45.3 Å². The zero-order valence-electron chi connectivity index (χ0n) is 43.3. The number of aromatic amines is 2. The number of fused-ring (bicyclic) bond motifs is 18. The molecule has 3 aromatic heterocycles. The number of hydrogen-bond donors (Lipinski definition) is 2. The molecule has 6 aliphatic carbocycles. The number of rotatable bonds is 6. The molecule has 8 atom stereocenters. The van der Waals surface area contributed by atoms with Crippen molar-refractivity contribution in [3.63, 3.8) is 0 Å². The Morgan fingerprint density at radius 2 is 1.03 bits per heavy atom. The van der Waals surface area contributed by atoms with E-state index in [0.29, 0.717) is 70.0 Å². The number of nitrogens with one attached hydrogen (secondary N) is 2. The number of nitrogens with zero attached hydrogens (tertiary/aromatic N) is 2. The minimum atomic E-state index is -0.174. The van der Waals surface area contributed by atoms with Gasteiger partial charge in [-0.15, -0.1) is 0 Å². The Hall–Kier alpha value is -7.58. The van der Waals surface area contributed by atoms with Crippen molar-refractivity contribution in [2.24, 2.45) is 34.5 Å². The largest absolute Gasteiger partial charge is 0.453 e. The van der Waals surface area contributed by atoms with Gasteiger partial charge in [-0.1, -0.05) is 92.7 Å². The third kappa shape index (κ3) is 7.15. The minimum absolute atomic E-state index is 0.150. The number of benzene rings is 4. The number of ketones is 2. The van der Waals surface area contributed by atoms with Crippen LogP contribution in [-0.4, -0.2) is 31.5 Å². The molecule has 8 nitrogen and oxygen atoms in total. The number of aromatic nitrogens is 4. The molecule has 8 aliphatic rings. The van der Waals surface area contributed by atoms with E-state index in [2.05, 4.69) is 157 Å². The first kappa shape index (κ1) is 45.8. The molecule has 7 aromatic rings. The van der Waals surface area contributed by atoms with E-state index in [9.17, 15) is 9.59 Å². The maximum Gasteiger partial charge on any atom is 0.178 e. The Morgan fingerprint density at radius 3 is 1.62 bits per heavy atom. The molecule has 2 N–H and O–H groups in total. The van der Waals surface area contributed by atoms with E-state index >= 15 is 0 Å². The molecule has 76 heavy (non-hydrogen) atoms. The van der Waals surface area contributed by atoms with Crippen LogP contribution in [0.1, 0.15) is 135 Å². The fourth-order valence-corrected chi connectivity index (χ4v) is 16.3. The second-order valence-electron chi connectivity index (χ2n) is 23.7. The lowest BCUT2D eigenvalue weighted by Gasteiger charge is -2.48. The first-order chi connectivity index (χ1) is 37.2. The summed E-state index contributed by atoms with van der Waals surface area (Å²) in [4.78, 5) is 45.0. The molecule has 15 rings (SSSR count). The number of carbonyl (C=O) groups excluding carboxylic acids is 2. The summed E-state index contributed by atoms with van der Waals surface area (Å²) in [5, 5.41) is 0. The van der Waals surface area contributed by atoms with Crippen LogP contribution in [0, 0.1) is 34.5 Å². The summed E-state index contributed by atoms with van der Waals surface area (Å²) in [6, 6.07) is 42.8. The molecule has 0 saturated heterocycles. The zero-order valence-corrected chi connectivity index (χ0v) is 43.3. The molecule has 0 radical (unpaired) electrons. The summed E-state index contributed by atoms with van der Waals surface area (Å²) < 4.78 is 14.5. The van der Waals surface area contributed by atoms with Crippen LogP contribution in [0.3, 0.4) is 0 Å².